The fourth-order valence-corrected chi connectivity index (χ4v) is 1.88. The molecule has 0 radical (unpaired) electrons. The van der Waals surface area contributed by atoms with Crippen LogP contribution in [0.2, 0.25) is 0 Å². The van der Waals surface area contributed by atoms with Gasteiger partial charge >= 0.3 is 5.97 Å². The molecule has 0 spiro atoms. The minimum Gasteiger partial charge on any atom is -0.481 e. The van der Waals surface area contributed by atoms with Gasteiger partial charge in [-0.1, -0.05) is 24.3 Å². The van der Waals surface area contributed by atoms with Gasteiger partial charge in [0.1, 0.15) is 0 Å². The molecule has 2 N–H and O–H groups in total. The van der Waals surface area contributed by atoms with Gasteiger partial charge in [-0.2, -0.15) is 11.8 Å². The smallest absolute Gasteiger partial charge is 0.307 e. The lowest BCUT2D eigenvalue weighted by Crippen LogP contribution is -2.31. The Balaban J connectivity index is 2.59. The zero-order valence-electron chi connectivity index (χ0n) is 11.2. The Kier molecular flexibility index (Phi) is 5.69. The standard InChI is InChI=1S/C14H21NO2S/c1-14(2,18-3)10-15-9-12-7-5-4-6-11(12)8-13(16)17/h4-7,15H,8-10H2,1-3H3,(H,16,17). The highest BCUT2D eigenvalue weighted by Gasteiger charge is 2.15. The van der Waals surface area contributed by atoms with Crippen molar-refractivity contribution in [3.05, 3.63) is 35.4 Å². The van der Waals surface area contributed by atoms with Crippen molar-refractivity contribution in [2.45, 2.75) is 31.6 Å². The van der Waals surface area contributed by atoms with E-state index in [0.29, 0.717) is 6.54 Å². The van der Waals surface area contributed by atoms with Gasteiger partial charge in [-0.05, 0) is 31.2 Å². The Hall–Kier alpha value is -1.00. The van der Waals surface area contributed by atoms with Gasteiger partial charge in [-0.15, -0.1) is 0 Å². The van der Waals surface area contributed by atoms with E-state index in [0.717, 1.165) is 17.7 Å². The summed E-state index contributed by atoms with van der Waals surface area (Å²) < 4.78 is 0.196. The van der Waals surface area contributed by atoms with Crippen LogP contribution in [0.1, 0.15) is 25.0 Å². The third-order valence-corrected chi connectivity index (χ3v) is 4.13. The van der Waals surface area contributed by atoms with E-state index in [-0.39, 0.29) is 11.2 Å². The van der Waals surface area contributed by atoms with Crippen LogP contribution < -0.4 is 5.32 Å². The lowest BCUT2D eigenvalue weighted by atomic mass is 10.0. The van der Waals surface area contributed by atoms with Gasteiger partial charge in [0.25, 0.3) is 0 Å². The van der Waals surface area contributed by atoms with Crippen LogP contribution in [0.25, 0.3) is 0 Å². The third kappa shape index (κ3) is 5.10. The fraction of sp³-hybridized carbons (Fsp3) is 0.500. The van der Waals surface area contributed by atoms with Gasteiger partial charge in [0.15, 0.2) is 0 Å². The molecule has 1 aromatic carbocycles. The molecule has 0 fully saturated rings. The maximum absolute atomic E-state index is 10.8. The third-order valence-electron chi connectivity index (χ3n) is 2.88. The zero-order chi connectivity index (χ0) is 13.6. The molecule has 0 aromatic heterocycles. The predicted molar refractivity (Wildman–Crippen MR) is 77.1 cm³/mol. The first-order chi connectivity index (χ1) is 8.44. The highest BCUT2D eigenvalue weighted by atomic mass is 32.2. The maximum atomic E-state index is 10.8. The summed E-state index contributed by atoms with van der Waals surface area (Å²) in [6.07, 6.45) is 2.18. The summed E-state index contributed by atoms with van der Waals surface area (Å²) in [7, 11) is 0. The number of thioether (sulfide) groups is 1. The minimum absolute atomic E-state index is 0.0871. The number of rotatable bonds is 7. The second-order valence-corrected chi connectivity index (χ2v) is 6.42. The van der Waals surface area contributed by atoms with Crippen LogP contribution in [0, 0.1) is 0 Å². The Morgan fingerprint density at radius 2 is 1.94 bits per heavy atom. The molecule has 1 aromatic rings. The number of hydrogen-bond acceptors (Lipinski definition) is 3. The first-order valence-electron chi connectivity index (χ1n) is 5.99. The van der Waals surface area contributed by atoms with Gasteiger partial charge in [0.2, 0.25) is 0 Å². The van der Waals surface area contributed by atoms with E-state index in [1.54, 1.807) is 0 Å². The monoisotopic (exact) mass is 267 g/mol. The van der Waals surface area contributed by atoms with Crippen LogP contribution in [0.5, 0.6) is 0 Å². The Morgan fingerprint density at radius 3 is 2.50 bits per heavy atom. The normalized spacial score (nSPS) is 11.5. The summed E-state index contributed by atoms with van der Waals surface area (Å²) in [5.41, 5.74) is 1.95. The van der Waals surface area contributed by atoms with Gasteiger partial charge in [0.05, 0.1) is 6.42 Å². The van der Waals surface area contributed by atoms with E-state index < -0.39 is 5.97 Å². The van der Waals surface area contributed by atoms with Crippen LogP contribution in [0.4, 0.5) is 0 Å². The number of benzene rings is 1. The lowest BCUT2D eigenvalue weighted by Gasteiger charge is -2.22. The van der Waals surface area contributed by atoms with Crippen molar-refractivity contribution >= 4 is 17.7 Å². The van der Waals surface area contributed by atoms with Gasteiger partial charge in [-0.3, -0.25) is 4.79 Å². The Labute approximate surface area is 113 Å². The second-order valence-electron chi connectivity index (χ2n) is 4.91. The molecule has 4 heteroatoms. The van der Waals surface area contributed by atoms with Crippen molar-refractivity contribution in [1.29, 1.82) is 0 Å². The van der Waals surface area contributed by atoms with Gasteiger partial charge < -0.3 is 10.4 Å². The van der Waals surface area contributed by atoms with Crippen LogP contribution in [-0.2, 0) is 17.8 Å². The molecule has 18 heavy (non-hydrogen) atoms. The molecule has 0 aliphatic carbocycles. The molecule has 0 amide bonds. The van der Waals surface area contributed by atoms with Crippen molar-refractivity contribution in [1.82, 2.24) is 5.32 Å². The van der Waals surface area contributed by atoms with E-state index in [9.17, 15) is 4.79 Å². The van der Waals surface area contributed by atoms with E-state index in [4.69, 9.17) is 5.11 Å². The van der Waals surface area contributed by atoms with Crippen LogP contribution in [0.15, 0.2) is 24.3 Å². The number of nitrogens with one attached hydrogen (secondary N) is 1. The molecular formula is C14H21NO2S. The molecule has 1 rings (SSSR count). The molecule has 0 saturated heterocycles. The fourth-order valence-electron chi connectivity index (χ4n) is 1.64. The first kappa shape index (κ1) is 15.1. The minimum atomic E-state index is -0.785. The average molecular weight is 267 g/mol. The average Bonchev–Trinajstić information content (AvgIpc) is 2.30. The van der Waals surface area contributed by atoms with Gasteiger partial charge in [0, 0.05) is 17.8 Å². The highest BCUT2D eigenvalue weighted by Crippen LogP contribution is 2.20. The quantitative estimate of drug-likeness (QED) is 0.797. The van der Waals surface area contributed by atoms with Crippen molar-refractivity contribution in [2.24, 2.45) is 0 Å². The SMILES string of the molecule is CSC(C)(C)CNCc1ccccc1CC(=O)O. The molecular weight excluding hydrogens is 246 g/mol. The van der Waals surface area contributed by atoms with E-state index in [1.807, 2.05) is 36.0 Å². The summed E-state index contributed by atoms with van der Waals surface area (Å²) in [6, 6.07) is 7.69. The summed E-state index contributed by atoms with van der Waals surface area (Å²) in [4.78, 5) is 10.8. The molecule has 100 valence electrons. The molecule has 0 saturated carbocycles. The molecule has 0 unspecified atom stereocenters. The Morgan fingerprint density at radius 1 is 1.33 bits per heavy atom. The summed E-state index contributed by atoms with van der Waals surface area (Å²) in [5, 5.41) is 12.3. The van der Waals surface area contributed by atoms with Crippen molar-refractivity contribution in [3.8, 4) is 0 Å². The second kappa shape index (κ2) is 6.81. The highest BCUT2D eigenvalue weighted by molar-refractivity contribution is 7.99. The predicted octanol–water partition coefficient (Wildman–Crippen LogP) is 2.54. The number of carbonyl (C=O) groups is 1. The molecule has 0 aliphatic heterocycles. The van der Waals surface area contributed by atoms with Crippen molar-refractivity contribution in [3.63, 3.8) is 0 Å². The molecule has 0 heterocycles. The van der Waals surface area contributed by atoms with E-state index in [2.05, 4.69) is 25.4 Å². The molecule has 0 aliphatic rings. The van der Waals surface area contributed by atoms with E-state index >= 15 is 0 Å². The van der Waals surface area contributed by atoms with Gasteiger partial charge in [-0.25, -0.2) is 0 Å². The van der Waals surface area contributed by atoms with Crippen LogP contribution >= 0.6 is 11.8 Å². The number of hydrogen-bond donors (Lipinski definition) is 2. The van der Waals surface area contributed by atoms with E-state index in [1.165, 1.54) is 0 Å². The first-order valence-corrected chi connectivity index (χ1v) is 7.21. The number of carboxylic acid groups (broad SMARTS) is 1. The summed E-state index contributed by atoms with van der Waals surface area (Å²) in [6.45, 7) is 5.99. The van der Waals surface area contributed by atoms with Crippen LogP contribution in [0.3, 0.4) is 0 Å². The molecule has 0 atom stereocenters. The number of carboxylic acids is 1. The number of aliphatic carboxylic acids is 1. The summed E-state index contributed by atoms with van der Waals surface area (Å²) >= 11 is 1.82. The Bertz CT molecular complexity index is 405. The summed E-state index contributed by atoms with van der Waals surface area (Å²) in [5.74, 6) is -0.785. The van der Waals surface area contributed by atoms with Crippen LogP contribution in [-0.4, -0.2) is 28.6 Å². The molecule has 3 nitrogen and oxygen atoms in total. The van der Waals surface area contributed by atoms with Crippen molar-refractivity contribution in [2.75, 3.05) is 12.8 Å². The topological polar surface area (TPSA) is 49.3 Å². The zero-order valence-corrected chi connectivity index (χ0v) is 12.0. The molecule has 0 bridgehead atoms. The van der Waals surface area contributed by atoms with Crippen molar-refractivity contribution < 1.29 is 9.90 Å². The largest absolute Gasteiger partial charge is 0.481 e. The maximum Gasteiger partial charge on any atom is 0.307 e. The lowest BCUT2D eigenvalue weighted by molar-refractivity contribution is -0.136.